The fraction of sp³-hybridized carbons (Fsp3) is 0.357. The first-order valence-electron chi connectivity index (χ1n) is 6.32. The minimum absolute atomic E-state index is 0.469. The molecule has 0 unspecified atom stereocenters. The molecule has 1 aromatic heterocycles. The summed E-state index contributed by atoms with van der Waals surface area (Å²) in [6, 6.07) is 3.99. The highest BCUT2D eigenvalue weighted by Crippen LogP contribution is 2.37. The molecule has 1 aliphatic rings. The van der Waals surface area contributed by atoms with Gasteiger partial charge >= 0.3 is 0 Å². The third-order valence-electron chi connectivity index (χ3n) is 3.27. The SMILES string of the molecule is Cc1cc2c(cc1-c1nn(C)cc1CN)OCCO2. The maximum atomic E-state index is 5.78. The van der Waals surface area contributed by atoms with Crippen LogP contribution in [0.5, 0.6) is 11.5 Å². The van der Waals surface area contributed by atoms with Crippen molar-refractivity contribution in [3.8, 4) is 22.8 Å². The summed E-state index contributed by atoms with van der Waals surface area (Å²) in [7, 11) is 1.90. The zero-order chi connectivity index (χ0) is 13.4. The fourth-order valence-corrected chi connectivity index (χ4v) is 2.36. The van der Waals surface area contributed by atoms with E-state index < -0.39 is 0 Å². The Morgan fingerprint density at radius 3 is 2.63 bits per heavy atom. The smallest absolute Gasteiger partial charge is 0.162 e. The van der Waals surface area contributed by atoms with E-state index in [0.29, 0.717) is 19.8 Å². The molecule has 0 saturated heterocycles. The second-order valence-corrected chi connectivity index (χ2v) is 4.69. The van der Waals surface area contributed by atoms with Gasteiger partial charge in [-0.1, -0.05) is 0 Å². The quantitative estimate of drug-likeness (QED) is 0.890. The number of aromatic nitrogens is 2. The summed E-state index contributed by atoms with van der Waals surface area (Å²) in [5.74, 6) is 1.58. The van der Waals surface area contributed by atoms with Crippen LogP contribution in [0.1, 0.15) is 11.1 Å². The second kappa shape index (κ2) is 4.59. The predicted octanol–water partition coefficient (Wildman–Crippen LogP) is 1.63. The maximum absolute atomic E-state index is 5.78. The van der Waals surface area contributed by atoms with E-state index in [1.165, 1.54) is 0 Å². The van der Waals surface area contributed by atoms with Crippen molar-refractivity contribution in [2.45, 2.75) is 13.5 Å². The molecule has 5 heteroatoms. The predicted molar refractivity (Wildman–Crippen MR) is 72.3 cm³/mol. The highest BCUT2D eigenvalue weighted by Gasteiger charge is 2.18. The molecule has 0 radical (unpaired) electrons. The van der Waals surface area contributed by atoms with Crippen LogP contribution >= 0.6 is 0 Å². The van der Waals surface area contributed by atoms with Crippen LogP contribution in [-0.2, 0) is 13.6 Å². The third-order valence-corrected chi connectivity index (χ3v) is 3.27. The highest BCUT2D eigenvalue weighted by atomic mass is 16.6. The average Bonchev–Trinajstić information content (AvgIpc) is 2.79. The number of aryl methyl sites for hydroxylation is 2. The zero-order valence-corrected chi connectivity index (χ0v) is 11.1. The maximum Gasteiger partial charge on any atom is 0.162 e. The summed E-state index contributed by atoms with van der Waals surface area (Å²) >= 11 is 0. The van der Waals surface area contributed by atoms with Crippen molar-refractivity contribution in [1.82, 2.24) is 9.78 Å². The molecule has 0 aliphatic carbocycles. The minimum atomic E-state index is 0.469. The standard InChI is InChI=1S/C14H17N3O2/c1-9-5-12-13(19-4-3-18-12)6-11(9)14-10(7-15)8-17(2)16-14/h5-6,8H,3-4,7,15H2,1-2H3. The van der Waals surface area contributed by atoms with E-state index in [4.69, 9.17) is 15.2 Å². The van der Waals surface area contributed by atoms with Gasteiger partial charge in [-0.2, -0.15) is 5.10 Å². The minimum Gasteiger partial charge on any atom is -0.486 e. The Morgan fingerprint density at radius 2 is 1.95 bits per heavy atom. The van der Waals surface area contributed by atoms with Gasteiger partial charge in [-0.3, -0.25) is 4.68 Å². The van der Waals surface area contributed by atoms with Crippen molar-refractivity contribution in [3.05, 3.63) is 29.5 Å². The lowest BCUT2D eigenvalue weighted by Crippen LogP contribution is -2.15. The molecule has 19 heavy (non-hydrogen) atoms. The summed E-state index contributed by atoms with van der Waals surface area (Å²) in [6.45, 7) is 3.70. The second-order valence-electron chi connectivity index (χ2n) is 4.69. The normalized spacial score (nSPS) is 13.6. The first-order valence-corrected chi connectivity index (χ1v) is 6.32. The van der Waals surface area contributed by atoms with Crippen molar-refractivity contribution >= 4 is 0 Å². The van der Waals surface area contributed by atoms with Gasteiger partial charge in [-0.25, -0.2) is 0 Å². The molecule has 0 amide bonds. The van der Waals surface area contributed by atoms with Crippen molar-refractivity contribution in [2.24, 2.45) is 12.8 Å². The molecule has 0 fully saturated rings. The van der Waals surface area contributed by atoms with E-state index in [2.05, 4.69) is 5.10 Å². The zero-order valence-electron chi connectivity index (χ0n) is 11.1. The Labute approximate surface area is 111 Å². The van der Waals surface area contributed by atoms with E-state index in [1.54, 1.807) is 4.68 Å². The third kappa shape index (κ3) is 2.06. The topological polar surface area (TPSA) is 62.3 Å². The first-order chi connectivity index (χ1) is 9.19. The van der Waals surface area contributed by atoms with Gasteiger partial charge in [-0.15, -0.1) is 0 Å². The molecule has 1 aliphatic heterocycles. The number of fused-ring (bicyclic) bond motifs is 1. The van der Waals surface area contributed by atoms with E-state index >= 15 is 0 Å². The molecule has 0 atom stereocenters. The Hall–Kier alpha value is -2.01. The van der Waals surface area contributed by atoms with E-state index in [0.717, 1.165) is 33.9 Å². The lowest BCUT2D eigenvalue weighted by molar-refractivity contribution is 0.171. The molecule has 1 aromatic carbocycles. The number of hydrogen-bond acceptors (Lipinski definition) is 4. The molecular weight excluding hydrogens is 242 g/mol. The first kappa shape index (κ1) is 12.0. The van der Waals surface area contributed by atoms with E-state index in [1.807, 2.05) is 32.3 Å². The summed E-state index contributed by atoms with van der Waals surface area (Å²) in [6.07, 6.45) is 1.95. The molecule has 3 rings (SSSR count). The van der Waals surface area contributed by atoms with Crippen LogP contribution in [0.4, 0.5) is 0 Å². The van der Waals surface area contributed by atoms with Crippen molar-refractivity contribution < 1.29 is 9.47 Å². The van der Waals surface area contributed by atoms with Gasteiger partial charge in [0, 0.05) is 30.9 Å². The number of hydrogen-bond donors (Lipinski definition) is 1. The fourth-order valence-electron chi connectivity index (χ4n) is 2.36. The number of rotatable bonds is 2. The van der Waals surface area contributed by atoms with Crippen LogP contribution in [0.15, 0.2) is 18.3 Å². The largest absolute Gasteiger partial charge is 0.486 e. The van der Waals surface area contributed by atoms with E-state index in [-0.39, 0.29) is 0 Å². The van der Waals surface area contributed by atoms with Gasteiger partial charge in [0.25, 0.3) is 0 Å². The van der Waals surface area contributed by atoms with Crippen LogP contribution in [0.3, 0.4) is 0 Å². The molecule has 2 aromatic rings. The Morgan fingerprint density at radius 1 is 1.26 bits per heavy atom. The lowest BCUT2D eigenvalue weighted by Gasteiger charge is -2.20. The van der Waals surface area contributed by atoms with Gasteiger partial charge in [0.2, 0.25) is 0 Å². The Balaban J connectivity index is 2.14. The Kier molecular flexibility index (Phi) is 2.91. The van der Waals surface area contributed by atoms with Crippen LogP contribution < -0.4 is 15.2 Å². The molecule has 0 spiro atoms. The van der Waals surface area contributed by atoms with Crippen LogP contribution in [0.2, 0.25) is 0 Å². The van der Waals surface area contributed by atoms with E-state index in [9.17, 15) is 0 Å². The number of ether oxygens (including phenoxy) is 2. The molecule has 0 saturated carbocycles. The number of nitrogens with zero attached hydrogens (tertiary/aromatic N) is 2. The van der Waals surface area contributed by atoms with Gasteiger partial charge < -0.3 is 15.2 Å². The van der Waals surface area contributed by atoms with Gasteiger partial charge in [0.1, 0.15) is 13.2 Å². The number of benzene rings is 1. The van der Waals surface area contributed by atoms with Crippen molar-refractivity contribution in [1.29, 1.82) is 0 Å². The van der Waals surface area contributed by atoms with Crippen LogP contribution in [-0.4, -0.2) is 23.0 Å². The molecular formula is C14H17N3O2. The van der Waals surface area contributed by atoms with Gasteiger partial charge in [0.15, 0.2) is 11.5 Å². The summed E-state index contributed by atoms with van der Waals surface area (Å²) in [5, 5.41) is 4.50. The van der Waals surface area contributed by atoms with Gasteiger partial charge in [-0.05, 0) is 24.6 Å². The molecule has 2 heterocycles. The van der Waals surface area contributed by atoms with Crippen molar-refractivity contribution in [3.63, 3.8) is 0 Å². The molecule has 2 N–H and O–H groups in total. The molecule has 100 valence electrons. The summed E-state index contributed by atoms with van der Waals surface area (Å²) in [5.41, 5.74) is 9.88. The Bertz CT molecular complexity index is 619. The summed E-state index contributed by atoms with van der Waals surface area (Å²) < 4.78 is 13.0. The lowest BCUT2D eigenvalue weighted by atomic mass is 10.0. The highest BCUT2D eigenvalue weighted by molar-refractivity contribution is 5.70. The number of nitrogens with two attached hydrogens (primary N) is 1. The van der Waals surface area contributed by atoms with Crippen molar-refractivity contribution in [2.75, 3.05) is 13.2 Å². The monoisotopic (exact) mass is 259 g/mol. The van der Waals surface area contributed by atoms with Crippen LogP contribution in [0.25, 0.3) is 11.3 Å². The average molecular weight is 259 g/mol. The molecule has 5 nitrogen and oxygen atoms in total. The van der Waals surface area contributed by atoms with Gasteiger partial charge in [0.05, 0.1) is 5.69 Å². The molecule has 0 bridgehead atoms. The van der Waals surface area contributed by atoms with Crippen LogP contribution in [0, 0.1) is 6.92 Å². The summed E-state index contributed by atoms with van der Waals surface area (Å²) in [4.78, 5) is 0.